The van der Waals surface area contributed by atoms with Crippen molar-refractivity contribution in [3.8, 4) is 12.1 Å². The van der Waals surface area contributed by atoms with E-state index < -0.39 is 5.91 Å². The summed E-state index contributed by atoms with van der Waals surface area (Å²) < 4.78 is 1.07. The second-order valence-corrected chi connectivity index (χ2v) is 6.16. The number of nitrogens with one attached hydrogen (secondary N) is 2. The molecule has 0 spiro atoms. The molecule has 0 aliphatic rings. The molecule has 0 aromatic heterocycles. The van der Waals surface area contributed by atoms with E-state index in [1.807, 2.05) is 31.2 Å². The first-order valence-electron chi connectivity index (χ1n) is 6.98. The third-order valence-electron chi connectivity index (χ3n) is 3.20. The van der Waals surface area contributed by atoms with E-state index in [9.17, 15) is 10.1 Å². The van der Waals surface area contributed by atoms with Gasteiger partial charge in [-0.2, -0.15) is 10.5 Å². The number of nitrogens with zero attached hydrogens (tertiary/aromatic N) is 2. The Balaban J connectivity index is 2.10. The summed E-state index contributed by atoms with van der Waals surface area (Å²) in [6, 6.07) is 16.2. The van der Waals surface area contributed by atoms with Crippen molar-refractivity contribution < 1.29 is 4.79 Å². The molecule has 0 aliphatic heterocycles. The Kier molecular flexibility index (Phi) is 5.94. The SMILES string of the molecule is Cc1cc(I)ccc1NC(=O)/C(C#N)=C\Nc1ccc(C#N)cc1. The monoisotopic (exact) mass is 428 g/mol. The van der Waals surface area contributed by atoms with Crippen LogP contribution in [0.1, 0.15) is 11.1 Å². The van der Waals surface area contributed by atoms with Crippen molar-refractivity contribution in [3.63, 3.8) is 0 Å². The average Bonchev–Trinajstić information content (AvgIpc) is 2.58. The van der Waals surface area contributed by atoms with Crippen LogP contribution in [0.2, 0.25) is 0 Å². The molecule has 0 aliphatic carbocycles. The minimum Gasteiger partial charge on any atom is -0.360 e. The van der Waals surface area contributed by atoms with Crippen molar-refractivity contribution in [2.24, 2.45) is 0 Å². The number of carbonyl (C=O) groups is 1. The number of carbonyl (C=O) groups excluding carboxylic acids is 1. The van der Waals surface area contributed by atoms with Gasteiger partial charge in [0.2, 0.25) is 0 Å². The Morgan fingerprint density at radius 3 is 2.46 bits per heavy atom. The highest BCUT2D eigenvalue weighted by molar-refractivity contribution is 14.1. The second-order valence-electron chi connectivity index (χ2n) is 4.92. The number of nitriles is 2. The van der Waals surface area contributed by atoms with Gasteiger partial charge in [-0.25, -0.2) is 0 Å². The number of anilines is 2. The molecule has 24 heavy (non-hydrogen) atoms. The van der Waals surface area contributed by atoms with E-state index >= 15 is 0 Å². The van der Waals surface area contributed by atoms with Gasteiger partial charge >= 0.3 is 0 Å². The molecule has 0 saturated heterocycles. The highest BCUT2D eigenvalue weighted by atomic mass is 127. The zero-order valence-electron chi connectivity index (χ0n) is 12.8. The predicted octanol–water partition coefficient (Wildman–Crippen LogP) is 3.93. The molecule has 0 fully saturated rings. The fourth-order valence-electron chi connectivity index (χ4n) is 1.90. The molecular formula is C18H13IN4O. The maximum absolute atomic E-state index is 12.2. The molecule has 2 rings (SSSR count). The van der Waals surface area contributed by atoms with Gasteiger partial charge in [0, 0.05) is 21.1 Å². The van der Waals surface area contributed by atoms with Crippen molar-refractivity contribution in [2.45, 2.75) is 6.92 Å². The van der Waals surface area contributed by atoms with Crippen molar-refractivity contribution >= 4 is 39.9 Å². The first-order valence-corrected chi connectivity index (χ1v) is 8.06. The van der Waals surface area contributed by atoms with Crippen LogP contribution in [0.15, 0.2) is 54.2 Å². The van der Waals surface area contributed by atoms with Crippen LogP contribution >= 0.6 is 22.6 Å². The zero-order valence-corrected chi connectivity index (χ0v) is 15.0. The van der Waals surface area contributed by atoms with E-state index in [0.29, 0.717) is 16.9 Å². The summed E-state index contributed by atoms with van der Waals surface area (Å²) in [5.41, 5.74) is 2.77. The lowest BCUT2D eigenvalue weighted by Gasteiger charge is -2.08. The van der Waals surface area contributed by atoms with Crippen LogP contribution in [0.5, 0.6) is 0 Å². The van der Waals surface area contributed by atoms with Gasteiger partial charge < -0.3 is 10.6 Å². The number of rotatable bonds is 4. The predicted molar refractivity (Wildman–Crippen MR) is 101 cm³/mol. The molecule has 0 radical (unpaired) electrons. The molecule has 2 aromatic rings. The number of halogens is 1. The normalized spacial score (nSPS) is 10.4. The van der Waals surface area contributed by atoms with Crippen molar-refractivity contribution in [1.82, 2.24) is 0 Å². The standard InChI is InChI=1S/C18H13IN4O/c1-12-8-15(19)4-7-17(12)23-18(24)14(10-21)11-22-16-5-2-13(9-20)3-6-16/h2-8,11,22H,1H3,(H,23,24)/b14-11-. The number of aryl methyl sites for hydroxylation is 1. The van der Waals surface area contributed by atoms with E-state index in [4.69, 9.17) is 5.26 Å². The molecular weight excluding hydrogens is 415 g/mol. The molecule has 5 nitrogen and oxygen atoms in total. The minimum absolute atomic E-state index is 0.0442. The number of amides is 1. The summed E-state index contributed by atoms with van der Waals surface area (Å²) in [5, 5.41) is 23.6. The van der Waals surface area contributed by atoms with Gasteiger partial charge in [-0.15, -0.1) is 0 Å². The molecule has 0 atom stereocenters. The maximum Gasteiger partial charge on any atom is 0.267 e. The molecule has 0 heterocycles. The summed E-state index contributed by atoms with van der Waals surface area (Å²) in [7, 11) is 0. The van der Waals surface area contributed by atoms with Crippen LogP contribution in [-0.2, 0) is 4.79 Å². The highest BCUT2D eigenvalue weighted by Crippen LogP contribution is 2.18. The number of benzene rings is 2. The Bertz CT molecular complexity index is 873. The lowest BCUT2D eigenvalue weighted by atomic mass is 10.2. The van der Waals surface area contributed by atoms with Gasteiger partial charge in [0.05, 0.1) is 11.6 Å². The van der Waals surface area contributed by atoms with Gasteiger partial charge in [0.25, 0.3) is 5.91 Å². The van der Waals surface area contributed by atoms with E-state index in [-0.39, 0.29) is 5.57 Å². The van der Waals surface area contributed by atoms with Crippen molar-refractivity contribution in [2.75, 3.05) is 10.6 Å². The van der Waals surface area contributed by atoms with Gasteiger partial charge in [-0.3, -0.25) is 4.79 Å². The first kappa shape index (κ1) is 17.5. The fourth-order valence-corrected chi connectivity index (χ4v) is 2.55. The molecule has 0 saturated carbocycles. The van der Waals surface area contributed by atoms with Gasteiger partial charge in [0.1, 0.15) is 11.6 Å². The second kappa shape index (κ2) is 8.14. The Morgan fingerprint density at radius 2 is 1.88 bits per heavy atom. The fraction of sp³-hybridized carbons (Fsp3) is 0.0556. The van der Waals surface area contributed by atoms with Gasteiger partial charge in [-0.05, 0) is 77.5 Å². The molecule has 118 valence electrons. The van der Waals surface area contributed by atoms with Crippen molar-refractivity contribution in [1.29, 1.82) is 10.5 Å². The Labute approximate surface area is 153 Å². The lowest BCUT2D eigenvalue weighted by molar-refractivity contribution is -0.112. The molecule has 0 unspecified atom stereocenters. The van der Waals surface area contributed by atoms with Crippen LogP contribution in [0.3, 0.4) is 0 Å². The van der Waals surface area contributed by atoms with E-state index in [1.165, 1.54) is 6.20 Å². The van der Waals surface area contributed by atoms with Crippen LogP contribution in [0.4, 0.5) is 11.4 Å². The molecule has 6 heteroatoms. The Morgan fingerprint density at radius 1 is 1.17 bits per heavy atom. The highest BCUT2D eigenvalue weighted by Gasteiger charge is 2.10. The van der Waals surface area contributed by atoms with E-state index in [1.54, 1.807) is 30.3 Å². The first-order chi connectivity index (χ1) is 11.5. The van der Waals surface area contributed by atoms with E-state index in [2.05, 4.69) is 33.2 Å². The van der Waals surface area contributed by atoms with Crippen molar-refractivity contribution in [3.05, 3.63) is 68.9 Å². The molecule has 2 N–H and O–H groups in total. The topological polar surface area (TPSA) is 88.7 Å². The summed E-state index contributed by atoms with van der Waals surface area (Å²) in [4.78, 5) is 12.2. The van der Waals surface area contributed by atoms with Gasteiger partial charge in [-0.1, -0.05) is 0 Å². The van der Waals surface area contributed by atoms with E-state index in [0.717, 1.165) is 9.13 Å². The summed E-state index contributed by atoms with van der Waals surface area (Å²) in [5.74, 6) is -0.483. The lowest BCUT2D eigenvalue weighted by Crippen LogP contribution is -2.15. The Hall–Kier alpha value is -2.84. The summed E-state index contributed by atoms with van der Waals surface area (Å²) in [6.07, 6.45) is 1.35. The van der Waals surface area contributed by atoms with Gasteiger partial charge in [0.15, 0.2) is 0 Å². The van der Waals surface area contributed by atoms with Crippen LogP contribution in [0.25, 0.3) is 0 Å². The van der Waals surface area contributed by atoms with Crippen LogP contribution < -0.4 is 10.6 Å². The summed E-state index contributed by atoms with van der Waals surface area (Å²) in [6.45, 7) is 1.89. The zero-order chi connectivity index (χ0) is 17.5. The third-order valence-corrected chi connectivity index (χ3v) is 3.87. The number of hydrogen-bond acceptors (Lipinski definition) is 4. The smallest absolute Gasteiger partial charge is 0.267 e. The quantitative estimate of drug-likeness (QED) is 0.439. The van der Waals surface area contributed by atoms with Crippen LogP contribution in [-0.4, -0.2) is 5.91 Å². The third kappa shape index (κ3) is 4.58. The largest absolute Gasteiger partial charge is 0.360 e. The van der Waals surface area contributed by atoms with Crippen LogP contribution in [0, 0.1) is 33.2 Å². The maximum atomic E-state index is 12.2. The average molecular weight is 428 g/mol. The molecule has 2 aromatic carbocycles. The molecule has 0 bridgehead atoms. The minimum atomic E-state index is -0.483. The summed E-state index contributed by atoms with van der Waals surface area (Å²) >= 11 is 2.19. The number of hydrogen-bond donors (Lipinski definition) is 2. The molecule has 1 amide bonds.